The lowest BCUT2D eigenvalue weighted by Gasteiger charge is -2.29. The molecule has 156 valence electrons. The average Bonchev–Trinajstić information content (AvgIpc) is 3.07. The Morgan fingerprint density at radius 2 is 1.72 bits per heavy atom. The fourth-order valence-electron chi connectivity index (χ4n) is 3.49. The molecule has 1 atom stereocenters. The van der Waals surface area contributed by atoms with Crippen molar-refractivity contribution < 1.29 is 22.7 Å². The SMILES string of the molecule is CCOc1ccc(CN(C(=O)c2cccc(OCC)c2)C2CCS(=O)(=O)C2)cc1. The van der Waals surface area contributed by atoms with E-state index in [9.17, 15) is 13.2 Å². The molecule has 1 fully saturated rings. The first-order chi connectivity index (χ1) is 13.9. The van der Waals surface area contributed by atoms with E-state index in [1.54, 1.807) is 29.2 Å². The summed E-state index contributed by atoms with van der Waals surface area (Å²) in [6.07, 6.45) is 0.455. The molecule has 2 aromatic carbocycles. The zero-order valence-electron chi connectivity index (χ0n) is 16.8. The highest BCUT2D eigenvalue weighted by Gasteiger charge is 2.35. The van der Waals surface area contributed by atoms with Crippen LogP contribution in [0.4, 0.5) is 0 Å². The van der Waals surface area contributed by atoms with Crippen LogP contribution in [0, 0.1) is 0 Å². The maximum Gasteiger partial charge on any atom is 0.254 e. The van der Waals surface area contributed by atoms with Crippen molar-refractivity contribution in [2.45, 2.75) is 32.9 Å². The second-order valence-electron chi connectivity index (χ2n) is 7.03. The van der Waals surface area contributed by atoms with E-state index in [-0.39, 0.29) is 23.5 Å². The van der Waals surface area contributed by atoms with Crippen molar-refractivity contribution in [1.29, 1.82) is 0 Å². The van der Waals surface area contributed by atoms with E-state index in [0.29, 0.717) is 37.5 Å². The first-order valence-corrected chi connectivity index (χ1v) is 11.7. The van der Waals surface area contributed by atoms with Crippen molar-refractivity contribution in [3.05, 3.63) is 59.7 Å². The molecule has 0 N–H and O–H groups in total. The Morgan fingerprint density at radius 1 is 1.03 bits per heavy atom. The van der Waals surface area contributed by atoms with Crippen LogP contribution in [0.3, 0.4) is 0 Å². The van der Waals surface area contributed by atoms with Crippen molar-refractivity contribution in [3.63, 3.8) is 0 Å². The molecule has 3 rings (SSSR count). The van der Waals surface area contributed by atoms with Crippen LogP contribution in [0.5, 0.6) is 11.5 Å². The zero-order valence-corrected chi connectivity index (χ0v) is 17.7. The van der Waals surface area contributed by atoms with Gasteiger partial charge in [0.2, 0.25) is 0 Å². The Balaban J connectivity index is 1.86. The molecule has 7 heteroatoms. The lowest BCUT2D eigenvalue weighted by molar-refractivity contribution is 0.0680. The minimum Gasteiger partial charge on any atom is -0.494 e. The summed E-state index contributed by atoms with van der Waals surface area (Å²) in [6, 6.07) is 14.2. The fourth-order valence-corrected chi connectivity index (χ4v) is 5.22. The van der Waals surface area contributed by atoms with Crippen LogP contribution in [0.15, 0.2) is 48.5 Å². The van der Waals surface area contributed by atoms with Gasteiger partial charge < -0.3 is 14.4 Å². The fraction of sp³-hybridized carbons (Fsp3) is 0.409. The molecule has 29 heavy (non-hydrogen) atoms. The summed E-state index contributed by atoms with van der Waals surface area (Å²) >= 11 is 0. The molecule has 2 aromatic rings. The Kier molecular flexibility index (Phi) is 6.79. The molecule has 1 unspecified atom stereocenters. The van der Waals surface area contributed by atoms with Crippen LogP contribution in [-0.4, -0.2) is 50.0 Å². The van der Waals surface area contributed by atoms with E-state index in [1.165, 1.54) is 0 Å². The van der Waals surface area contributed by atoms with Gasteiger partial charge in [-0.3, -0.25) is 4.79 Å². The molecule has 6 nitrogen and oxygen atoms in total. The number of hydrogen-bond acceptors (Lipinski definition) is 5. The lowest BCUT2D eigenvalue weighted by Crippen LogP contribution is -2.40. The Hall–Kier alpha value is -2.54. The molecule has 0 spiro atoms. The predicted octanol–water partition coefficient (Wildman–Crippen LogP) is 3.31. The van der Waals surface area contributed by atoms with Gasteiger partial charge in [0, 0.05) is 18.2 Å². The van der Waals surface area contributed by atoms with Crippen molar-refractivity contribution in [3.8, 4) is 11.5 Å². The highest BCUT2D eigenvalue weighted by molar-refractivity contribution is 7.91. The third-order valence-electron chi connectivity index (χ3n) is 4.89. The molecule has 1 saturated heterocycles. The number of hydrogen-bond donors (Lipinski definition) is 0. The van der Waals surface area contributed by atoms with Gasteiger partial charge in [-0.1, -0.05) is 18.2 Å². The highest BCUT2D eigenvalue weighted by atomic mass is 32.2. The summed E-state index contributed by atoms with van der Waals surface area (Å²) in [5.41, 5.74) is 1.42. The van der Waals surface area contributed by atoms with Crippen LogP contribution >= 0.6 is 0 Å². The first-order valence-electron chi connectivity index (χ1n) is 9.88. The van der Waals surface area contributed by atoms with E-state index in [4.69, 9.17) is 9.47 Å². The number of benzene rings is 2. The number of nitrogens with zero attached hydrogens (tertiary/aromatic N) is 1. The van der Waals surface area contributed by atoms with Crippen LogP contribution in [0.25, 0.3) is 0 Å². The van der Waals surface area contributed by atoms with Gasteiger partial charge in [-0.15, -0.1) is 0 Å². The predicted molar refractivity (Wildman–Crippen MR) is 112 cm³/mol. The molecule has 0 aliphatic carbocycles. The third kappa shape index (κ3) is 5.50. The molecule has 1 amide bonds. The van der Waals surface area contributed by atoms with Gasteiger partial charge in [-0.25, -0.2) is 8.42 Å². The number of sulfone groups is 1. The van der Waals surface area contributed by atoms with Gasteiger partial charge in [0.15, 0.2) is 9.84 Å². The number of rotatable bonds is 8. The second kappa shape index (κ2) is 9.31. The Labute approximate surface area is 172 Å². The lowest BCUT2D eigenvalue weighted by atomic mass is 10.1. The van der Waals surface area contributed by atoms with E-state index in [1.807, 2.05) is 38.1 Å². The number of ether oxygens (including phenoxy) is 2. The molecule has 0 bridgehead atoms. The van der Waals surface area contributed by atoms with Crippen molar-refractivity contribution in [1.82, 2.24) is 4.90 Å². The Morgan fingerprint density at radius 3 is 2.34 bits per heavy atom. The van der Waals surface area contributed by atoms with Crippen LogP contribution in [0.2, 0.25) is 0 Å². The van der Waals surface area contributed by atoms with E-state index in [2.05, 4.69) is 0 Å². The summed E-state index contributed by atoms with van der Waals surface area (Å²) < 4.78 is 35.1. The van der Waals surface area contributed by atoms with Gasteiger partial charge in [-0.2, -0.15) is 0 Å². The van der Waals surface area contributed by atoms with E-state index in [0.717, 1.165) is 11.3 Å². The summed E-state index contributed by atoms with van der Waals surface area (Å²) in [4.78, 5) is 15.0. The largest absolute Gasteiger partial charge is 0.494 e. The minimum absolute atomic E-state index is 0.000913. The van der Waals surface area contributed by atoms with E-state index >= 15 is 0 Å². The number of amides is 1. The normalized spacial score (nSPS) is 17.7. The summed E-state index contributed by atoms with van der Waals surface area (Å²) in [5.74, 6) is 1.31. The van der Waals surface area contributed by atoms with Crippen LogP contribution < -0.4 is 9.47 Å². The number of carbonyl (C=O) groups excluding carboxylic acids is 1. The summed E-state index contributed by atoms with van der Waals surface area (Å²) in [6.45, 7) is 5.24. The third-order valence-corrected chi connectivity index (χ3v) is 6.64. The molecule has 1 heterocycles. The number of carbonyl (C=O) groups is 1. The monoisotopic (exact) mass is 417 g/mol. The minimum atomic E-state index is -3.12. The zero-order chi connectivity index (χ0) is 20.9. The molecule has 0 radical (unpaired) electrons. The summed E-state index contributed by atoms with van der Waals surface area (Å²) in [7, 11) is -3.12. The van der Waals surface area contributed by atoms with Crippen molar-refractivity contribution >= 4 is 15.7 Å². The maximum absolute atomic E-state index is 13.3. The van der Waals surface area contributed by atoms with Crippen molar-refractivity contribution in [2.75, 3.05) is 24.7 Å². The van der Waals surface area contributed by atoms with Gasteiger partial charge in [0.25, 0.3) is 5.91 Å². The molecule has 0 saturated carbocycles. The van der Waals surface area contributed by atoms with Crippen LogP contribution in [-0.2, 0) is 16.4 Å². The Bertz CT molecular complexity index is 940. The summed E-state index contributed by atoms with van der Waals surface area (Å²) in [5, 5.41) is 0. The smallest absolute Gasteiger partial charge is 0.254 e. The van der Waals surface area contributed by atoms with Crippen LogP contribution in [0.1, 0.15) is 36.2 Å². The van der Waals surface area contributed by atoms with Crippen molar-refractivity contribution in [2.24, 2.45) is 0 Å². The quantitative estimate of drug-likeness (QED) is 0.659. The highest BCUT2D eigenvalue weighted by Crippen LogP contribution is 2.24. The molecule has 0 aromatic heterocycles. The van der Waals surface area contributed by atoms with Gasteiger partial charge in [-0.05, 0) is 56.2 Å². The topological polar surface area (TPSA) is 72.9 Å². The molecule has 1 aliphatic rings. The molecular formula is C22H27NO5S. The van der Waals surface area contributed by atoms with Gasteiger partial charge in [0.1, 0.15) is 11.5 Å². The average molecular weight is 418 g/mol. The standard InChI is InChI=1S/C22H27NO5S/c1-3-27-20-10-8-17(9-11-20)15-23(19-12-13-29(25,26)16-19)22(24)18-6-5-7-21(14-18)28-4-2/h5-11,14,19H,3-4,12-13,15-16H2,1-2H3. The van der Waals surface area contributed by atoms with Gasteiger partial charge >= 0.3 is 0 Å². The van der Waals surface area contributed by atoms with Gasteiger partial charge in [0.05, 0.1) is 24.7 Å². The second-order valence-corrected chi connectivity index (χ2v) is 9.26. The molecular weight excluding hydrogens is 390 g/mol. The first kappa shape index (κ1) is 21.2. The van der Waals surface area contributed by atoms with E-state index < -0.39 is 9.84 Å². The maximum atomic E-state index is 13.3. The molecule has 1 aliphatic heterocycles.